The van der Waals surface area contributed by atoms with Crippen LogP contribution < -0.4 is 5.32 Å². The Labute approximate surface area is 104 Å². The van der Waals surface area contributed by atoms with Gasteiger partial charge in [-0.2, -0.15) is 0 Å². The molecule has 0 aliphatic heterocycles. The lowest BCUT2D eigenvalue weighted by Crippen LogP contribution is -2.34. The number of hydrogen-bond acceptors (Lipinski definition) is 2. The highest BCUT2D eigenvalue weighted by Gasteiger charge is 2.20. The van der Waals surface area contributed by atoms with Gasteiger partial charge < -0.3 is 5.11 Å². The number of carboxylic acid groups (broad SMARTS) is 1. The summed E-state index contributed by atoms with van der Waals surface area (Å²) in [6.45, 7) is 4.01. The van der Waals surface area contributed by atoms with Crippen molar-refractivity contribution in [2.24, 2.45) is 0 Å². The lowest BCUT2D eigenvalue weighted by molar-refractivity contribution is -0.139. The van der Waals surface area contributed by atoms with Crippen LogP contribution in [0.4, 0.5) is 0 Å². The molecule has 0 fully saturated rings. The van der Waals surface area contributed by atoms with Crippen LogP contribution >= 0.6 is 15.9 Å². The van der Waals surface area contributed by atoms with E-state index in [0.717, 1.165) is 16.5 Å². The number of carboxylic acids is 1. The first-order valence-corrected chi connectivity index (χ1v) is 6.08. The fourth-order valence-electron chi connectivity index (χ4n) is 1.40. The standard InChI is InChI=1S/C12H16BrNO2/c1-3-8(2)14-11(12(15)16)9-5-4-6-10(13)7-9/h4-8,11,14H,3H2,1-2H3,(H,15,16). The van der Waals surface area contributed by atoms with Crippen molar-refractivity contribution >= 4 is 21.9 Å². The van der Waals surface area contributed by atoms with Crippen molar-refractivity contribution in [3.05, 3.63) is 34.3 Å². The quantitative estimate of drug-likeness (QED) is 0.875. The molecule has 0 amide bonds. The fraction of sp³-hybridized carbons (Fsp3) is 0.417. The van der Waals surface area contributed by atoms with E-state index in [9.17, 15) is 9.90 Å². The van der Waals surface area contributed by atoms with Gasteiger partial charge in [0.15, 0.2) is 0 Å². The van der Waals surface area contributed by atoms with Gasteiger partial charge in [-0.25, -0.2) is 0 Å². The van der Waals surface area contributed by atoms with Gasteiger partial charge in [-0.15, -0.1) is 0 Å². The average Bonchev–Trinajstić information content (AvgIpc) is 2.25. The third-order valence-electron chi connectivity index (χ3n) is 2.49. The maximum absolute atomic E-state index is 11.2. The zero-order valence-electron chi connectivity index (χ0n) is 9.40. The van der Waals surface area contributed by atoms with Gasteiger partial charge in [0.2, 0.25) is 0 Å². The summed E-state index contributed by atoms with van der Waals surface area (Å²) in [5, 5.41) is 12.3. The van der Waals surface area contributed by atoms with Crippen LogP contribution in [0.3, 0.4) is 0 Å². The number of nitrogens with one attached hydrogen (secondary N) is 1. The van der Waals surface area contributed by atoms with Crippen LogP contribution in [0, 0.1) is 0 Å². The van der Waals surface area contributed by atoms with Gasteiger partial charge in [0, 0.05) is 10.5 Å². The molecule has 4 heteroatoms. The molecule has 0 saturated carbocycles. The van der Waals surface area contributed by atoms with Gasteiger partial charge in [0.25, 0.3) is 0 Å². The summed E-state index contributed by atoms with van der Waals surface area (Å²) in [6.07, 6.45) is 0.901. The summed E-state index contributed by atoms with van der Waals surface area (Å²) < 4.78 is 0.891. The molecule has 2 atom stereocenters. The molecule has 0 radical (unpaired) electrons. The summed E-state index contributed by atoms with van der Waals surface area (Å²) in [4.78, 5) is 11.2. The first-order chi connectivity index (χ1) is 7.54. The average molecular weight is 286 g/mol. The third kappa shape index (κ3) is 3.61. The topological polar surface area (TPSA) is 49.3 Å². The second kappa shape index (κ2) is 6.01. The van der Waals surface area contributed by atoms with Crippen LogP contribution in [0.2, 0.25) is 0 Å². The van der Waals surface area contributed by atoms with E-state index in [1.54, 1.807) is 0 Å². The van der Waals surface area contributed by atoms with Gasteiger partial charge in [-0.1, -0.05) is 35.0 Å². The normalized spacial score (nSPS) is 14.4. The van der Waals surface area contributed by atoms with E-state index in [1.807, 2.05) is 38.1 Å². The Morgan fingerprint density at radius 1 is 1.56 bits per heavy atom. The van der Waals surface area contributed by atoms with Gasteiger partial charge in [0.05, 0.1) is 0 Å². The molecule has 2 N–H and O–H groups in total. The van der Waals surface area contributed by atoms with Crippen LogP contribution in [-0.4, -0.2) is 17.1 Å². The van der Waals surface area contributed by atoms with E-state index in [0.29, 0.717) is 0 Å². The van der Waals surface area contributed by atoms with Crippen LogP contribution in [0.15, 0.2) is 28.7 Å². The lowest BCUT2D eigenvalue weighted by Gasteiger charge is -2.19. The van der Waals surface area contributed by atoms with Crippen molar-refractivity contribution in [2.75, 3.05) is 0 Å². The Bertz CT molecular complexity index is 368. The highest BCUT2D eigenvalue weighted by molar-refractivity contribution is 9.10. The highest BCUT2D eigenvalue weighted by Crippen LogP contribution is 2.19. The minimum atomic E-state index is -0.849. The molecule has 0 heterocycles. The smallest absolute Gasteiger partial charge is 0.325 e. The summed E-state index contributed by atoms with van der Waals surface area (Å²) in [7, 11) is 0. The van der Waals surface area contributed by atoms with E-state index in [4.69, 9.17) is 0 Å². The number of aliphatic carboxylic acids is 1. The fourth-order valence-corrected chi connectivity index (χ4v) is 1.82. The minimum Gasteiger partial charge on any atom is -0.480 e. The van der Waals surface area contributed by atoms with E-state index < -0.39 is 12.0 Å². The van der Waals surface area contributed by atoms with Crippen molar-refractivity contribution in [1.82, 2.24) is 5.32 Å². The van der Waals surface area contributed by atoms with Gasteiger partial charge in [0.1, 0.15) is 6.04 Å². The molecule has 0 aliphatic rings. The molecule has 0 spiro atoms. The van der Waals surface area contributed by atoms with E-state index in [1.165, 1.54) is 0 Å². The van der Waals surface area contributed by atoms with Gasteiger partial charge >= 0.3 is 5.97 Å². The summed E-state index contributed by atoms with van der Waals surface area (Å²) in [5.41, 5.74) is 0.766. The summed E-state index contributed by atoms with van der Waals surface area (Å²) in [6, 6.07) is 6.90. The first-order valence-electron chi connectivity index (χ1n) is 5.29. The first kappa shape index (κ1) is 13.2. The van der Waals surface area contributed by atoms with Crippen LogP contribution in [0.5, 0.6) is 0 Å². The number of halogens is 1. The third-order valence-corrected chi connectivity index (χ3v) is 2.99. The van der Waals surface area contributed by atoms with Crippen LogP contribution in [0.25, 0.3) is 0 Å². The Balaban J connectivity index is 2.89. The number of rotatable bonds is 5. The van der Waals surface area contributed by atoms with E-state index in [2.05, 4.69) is 21.2 Å². The summed E-state index contributed by atoms with van der Waals surface area (Å²) >= 11 is 3.34. The van der Waals surface area contributed by atoms with Crippen molar-refractivity contribution in [2.45, 2.75) is 32.4 Å². The summed E-state index contributed by atoms with van der Waals surface area (Å²) in [5.74, 6) is -0.849. The molecule has 1 rings (SSSR count). The molecule has 88 valence electrons. The highest BCUT2D eigenvalue weighted by atomic mass is 79.9. The van der Waals surface area contributed by atoms with E-state index >= 15 is 0 Å². The van der Waals surface area contributed by atoms with Crippen molar-refractivity contribution < 1.29 is 9.90 Å². The molecule has 16 heavy (non-hydrogen) atoms. The maximum Gasteiger partial charge on any atom is 0.325 e. The Kier molecular flexibility index (Phi) is 4.96. The number of hydrogen-bond donors (Lipinski definition) is 2. The van der Waals surface area contributed by atoms with Gasteiger partial charge in [-0.3, -0.25) is 10.1 Å². The Hall–Kier alpha value is -0.870. The van der Waals surface area contributed by atoms with Gasteiger partial charge in [-0.05, 0) is 31.0 Å². The number of benzene rings is 1. The molecule has 0 bridgehead atoms. The monoisotopic (exact) mass is 285 g/mol. The lowest BCUT2D eigenvalue weighted by atomic mass is 10.1. The van der Waals surface area contributed by atoms with Crippen LogP contribution in [-0.2, 0) is 4.79 Å². The van der Waals surface area contributed by atoms with Crippen LogP contribution in [0.1, 0.15) is 31.9 Å². The van der Waals surface area contributed by atoms with E-state index in [-0.39, 0.29) is 6.04 Å². The maximum atomic E-state index is 11.2. The molecule has 1 aromatic carbocycles. The van der Waals surface area contributed by atoms with Crippen molar-refractivity contribution in [3.63, 3.8) is 0 Å². The molecular formula is C12H16BrNO2. The Morgan fingerprint density at radius 3 is 2.75 bits per heavy atom. The second-order valence-corrected chi connectivity index (χ2v) is 4.72. The zero-order valence-corrected chi connectivity index (χ0v) is 11.0. The molecule has 1 aromatic rings. The Morgan fingerprint density at radius 2 is 2.25 bits per heavy atom. The van der Waals surface area contributed by atoms with Crippen molar-refractivity contribution in [3.8, 4) is 0 Å². The SMILES string of the molecule is CCC(C)NC(C(=O)O)c1cccc(Br)c1. The largest absolute Gasteiger partial charge is 0.480 e. The molecular weight excluding hydrogens is 270 g/mol. The molecule has 0 aromatic heterocycles. The minimum absolute atomic E-state index is 0.181. The molecule has 0 aliphatic carbocycles. The molecule has 0 saturated heterocycles. The molecule has 3 nitrogen and oxygen atoms in total. The molecule has 2 unspecified atom stereocenters. The van der Waals surface area contributed by atoms with Crippen molar-refractivity contribution in [1.29, 1.82) is 0 Å². The predicted octanol–water partition coefficient (Wildman–Crippen LogP) is 2.96. The predicted molar refractivity (Wildman–Crippen MR) is 67.4 cm³/mol. The second-order valence-electron chi connectivity index (χ2n) is 3.80. The zero-order chi connectivity index (χ0) is 12.1. The number of carbonyl (C=O) groups is 1.